The third-order valence-electron chi connectivity index (χ3n) is 2.93. The summed E-state index contributed by atoms with van der Waals surface area (Å²) in [5, 5.41) is 3.53. The molecule has 0 rings (SSSR count). The van der Waals surface area contributed by atoms with E-state index in [1.54, 1.807) is 7.11 Å². The summed E-state index contributed by atoms with van der Waals surface area (Å²) in [5.74, 6) is 0.679. The van der Waals surface area contributed by atoms with Gasteiger partial charge in [-0.25, -0.2) is 0 Å². The summed E-state index contributed by atoms with van der Waals surface area (Å²) in [7, 11) is 3.97. The third-order valence-corrected chi connectivity index (χ3v) is 2.93. The molecule has 0 aliphatic rings. The molecule has 0 amide bonds. The lowest BCUT2D eigenvalue weighted by Gasteiger charge is -2.32. The lowest BCUT2D eigenvalue weighted by Crippen LogP contribution is -2.45. The van der Waals surface area contributed by atoms with Crippen LogP contribution in [-0.4, -0.2) is 50.8 Å². The van der Waals surface area contributed by atoms with Crippen LogP contribution in [-0.2, 0) is 4.74 Å². The van der Waals surface area contributed by atoms with Gasteiger partial charge in [-0.2, -0.15) is 0 Å². The molecule has 0 aliphatic carbocycles. The molecule has 1 N–H and O–H groups in total. The Morgan fingerprint density at radius 2 is 1.81 bits per heavy atom. The Kier molecular flexibility index (Phi) is 8.90. The number of hydrogen-bond donors (Lipinski definition) is 1. The lowest BCUT2D eigenvalue weighted by atomic mass is 10.0. The zero-order chi connectivity index (χ0) is 12.6. The lowest BCUT2D eigenvalue weighted by molar-refractivity contribution is 0.146. The van der Waals surface area contributed by atoms with Crippen LogP contribution >= 0.6 is 0 Å². The van der Waals surface area contributed by atoms with Crippen molar-refractivity contribution in [3.63, 3.8) is 0 Å². The van der Waals surface area contributed by atoms with Crippen LogP contribution in [0.1, 0.15) is 34.1 Å². The minimum atomic E-state index is 0.564. The average Bonchev–Trinajstić information content (AvgIpc) is 2.17. The molecule has 0 bridgehead atoms. The van der Waals surface area contributed by atoms with Crippen molar-refractivity contribution in [2.75, 3.05) is 33.9 Å². The van der Waals surface area contributed by atoms with Gasteiger partial charge in [-0.3, -0.25) is 0 Å². The van der Waals surface area contributed by atoms with E-state index in [1.165, 1.54) is 0 Å². The first-order chi connectivity index (χ1) is 7.49. The van der Waals surface area contributed by atoms with Crippen LogP contribution in [0.15, 0.2) is 0 Å². The van der Waals surface area contributed by atoms with Gasteiger partial charge >= 0.3 is 0 Å². The molecule has 3 heteroatoms. The van der Waals surface area contributed by atoms with Crippen LogP contribution in [0.2, 0.25) is 0 Å². The highest BCUT2D eigenvalue weighted by molar-refractivity contribution is 4.75. The van der Waals surface area contributed by atoms with E-state index < -0.39 is 0 Å². The minimum absolute atomic E-state index is 0.564. The second-order valence-corrected chi connectivity index (χ2v) is 5.20. The Morgan fingerprint density at radius 1 is 1.19 bits per heavy atom. The van der Waals surface area contributed by atoms with Gasteiger partial charge in [-0.1, -0.05) is 27.7 Å². The fourth-order valence-electron chi connectivity index (χ4n) is 1.88. The molecule has 1 atom stereocenters. The van der Waals surface area contributed by atoms with Gasteiger partial charge in [0.15, 0.2) is 0 Å². The molecule has 0 spiro atoms. The molecule has 0 aromatic carbocycles. The number of rotatable bonds is 9. The maximum absolute atomic E-state index is 5.09. The SMILES string of the molecule is COCCCN(C)C(CNC(C)C)C(C)C. The number of ether oxygens (including phenoxy) is 1. The van der Waals surface area contributed by atoms with E-state index in [-0.39, 0.29) is 0 Å². The van der Waals surface area contributed by atoms with E-state index >= 15 is 0 Å². The second kappa shape index (κ2) is 8.97. The fraction of sp³-hybridized carbons (Fsp3) is 1.00. The Hall–Kier alpha value is -0.120. The van der Waals surface area contributed by atoms with Crippen molar-refractivity contribution in [2.24, 2.45) is 5.92 Å². The van der Waals surface area contributed by atoms with Gasteiger partial charge in [0.05, 0.1) is 0 Å². The number of nitrogens with zero attached hydrogens (tertiary/aromatic N) is 1. The maximum atomic E-state index is 5.09. The molecule has 0 aromatic heterocycles. The standard InChI is InChI=1S/C13H30N2O/c1-11(2)13(10-14-12(3)4)15(5)8-7-9-16-6/h11-14H,7-10H2,1-6H3. The maximum Gasteiger partial charge on any atom is 0.0474 e. The molecule has 0 aromatic rings. The van der Waals surface area contributed by atoms with Crippen molar-refractivity contribution in [1.82, 2.24) is 10.2 Å². The Labute approximate surface area is 102 Å². The van der Waals surface area contributed by atoms with E-state index in [1.807, 2.05) is 0 Å². The van der Waals surface area contributed by atoms with Gasteiger partial charge in [0.25, 0.3) is 0 Å². The Bertz CT molecular complexity index is 160. The van der Waals surface area contributed by atoms with Crippen LogP contribution in [0, 0.1) is 5.92 Å². The number of likely N-dealkylation sites (N-methyl/N-ethyl adjacent to an activating group) is 1. The quantitative estimate of drug-likeness (QED) is 0.613. The molecule has 3 nitrogen and oxygen atoms in total. The highest BCUT2D eigenvalue weighted by Gasteiger charge is 2.18. The molecule has 1 unspecified atom stereocenters. The normalized spacial score (nSPS) is 14.1. The van der Waals surface area contributed by atoms with Crippen LogP contribution in [0.5, 0.6) is 0 Å². The summed E-state index contributed by atoms with van der Waals surface area (Å²) in [6.45, 7) is 12.0. The van der Waals surface area contributed by atoms with Gasteiger partial charge < -0.3 is 15.0 Å². The van der Waals surface area contributed by atoms with E-state index in [4.69, 9.17) is 4.74 Å². The fourth-order valence-corrected chi connectivity index (χ4v) is 1.88. The van der Waals surface area contributed by atoms with E-state index in [0.29, 0.717) is 18.0 Å². The second-order valence-electron chi connectivity index (χ2n) is 5.20. The average molecular weight is 230 g/mol. The monoisotopic (exact) mass is 230 g/mol. The van der Waals surface area contributed by atoms with Gasteiger partial charge in [0.2, 0.25) is 0 Å². The molecule has 0 heterocycles. The Balaban J connectivity index is 3.98. The van der Waals surface area contributed by atoms with Crippen LogP contribution in [0.4, 0.5) is 0 Å². The summed E-state index contributed by atoms with van der Waals surface area (Å²) in [4.78, 5) is 2.44. The van der Waals surface area contributed by atoms with Gasteiger partial charge in [0.1, 0.15) is 0 Å². The van der Waals surface area contributed by atoms with Gasteiger partial charge in [-0.05, 0) is 19.4 Å². The predicted molar refractivity (Wildman–Crippen MR) is 70.9 cm³/mol. The largest absolute Gasteiger partial charge is 0.385 e. The van der Waals surface area contributed by atoms with Crippen molar-refractivity contribution in [2.45, 2.75) is 46.2 Å². The Morgan fingerprint density at radius 3 is 2.25 bits per heavy atom. The summed E-state index contributed by atoms with van der Waals surface area (Å²) >= 11 is 0. The van der Waals surface area contributed by atoms with Crippen molar-refractivity contribution in [3.05, 3.63) is 0 Å². The topological polar surface area (TPSA) is 24.5 Å². The van der Waals surface area contributed by atoms with Crippen molar-refractivity contribution >= 4 is 0 Å². The number of methoxy groups -OCH3 is 1. The zero-order valence-electron chi connectivity index (χ0n) is 11.9. The smallest absolute Gasteiger partial charge is 0.0474 e. The molecular weight excluding hydrogens is 200 g/mol. The first-order valence-electron chi connectivity index (χ1n) is 6.41. The van der Waals surface area contributed by atoms with Crippen LogP contribution in [0.25, 0.3) is 0 Å². The summed E-state index contributed by atoms with van der Waals surface area (Å²) < 4.78 is 5.09. The molecule has 0 aliphatic heterocycles. The summed E-state index contributed by atoms with van der Waals surface area (Å²) in [5.41, 5.74) is 0. The third kappa shape index (κ3) is 7.20. The molecule has 16 heavy (non-hydrogen) atoms. The van der Waals surface area contributed by atoms with Gasteiger partial charge in [0, 0.05) is 38.9 Å². The van der Waals surface area contributed by atoms with E-state index in [0.717, 1.165) is 26.1 Å². The highest BCUT2D eigenvalue weighted by Crippen LogP contribution is 2.09. The van der Waals surface area contributed by atoms with E-state index in [9.17, 15) is 0 Å². The van der Waals surface area contributed by atoms with Crippen LogP contribution < -0.4 is 5.32 Å². The van der Waals surface area contributed by atoms with Crippen molar-refractivity contribution in [3.8, 4) is 0 Å². The van der Waals surface area contributed by atoms with Gasteiger partial charge in [-0.15, -0.1) is 0 Å². The molecule has 0 saturated heterocycles. The molecule has 98 valence electrons. The summed E-state index contributed by atoms with van der Waals surface area (Å²) in [6.07, 6.45) is 1.11. The minimum Gasteiger partial charge on any atom is -0.385 e. The first-order valence-corrected chi connectivity index (χ1v) is 6.41. The molecule has 0 saturated carbocycles. The van der Waals surface area contributed by atoms with E-state index in [2.05, 4.69) is 45.0 Å². The molecular formula is C13H30N2O. The first kappa shape index (κ1) is 15.9. The number of nitrogens with one attached hydrogen (secondary N) is 1. The van der Waals surface area contributed by atoms with Crippen LogP contribution in [0.3, 0.4) is 0 Å². The number of hydrogen-bond acceptors (Lipinski definition) is 3. The molecule has 0 radical (unpaired) electrons. The zero-order valence-corrected chi connectivity index (χ0v) is 11.9. The molecule has 0 fully saturated rings. The van der Waals surface area contributed by atoms with Crippen molar-refractivity contribution < 1.29 is 4.74 Å². The summed E-state index contributed by atoms with van der Waals surface area (Å²) in [6, 6.07) is 1.17. The predicted octanol–water partition coefficient (Wildman–Crippen LogP) is 1.98. The highest BCUT2D eigenvalue weighted by atomic mass is 16.5. The van der Waals surface area contributed by atoms with Crippen molar-refractivity contribution in [1.29, 1.82) is 0 Å².